The second-order valence-corrected chi connectivity index (χ2v) is 4.94. The van der Waals surface area contributed by atoms with Crippen LogP contribution in [-0.4, -0.2) is 15.8 Å². The van der Waals surface area contributed by atoms with Crippen LogP contribution in [0.2, 0.25) is 0 Å². The Kier molecular flexibility index (Phi) is 2.89. The summed E-state index contributed by atoms with van der Waals surface area (Å²) in [6, 6.07) is 3.95. The number of benzene rings is 1. The number of carbonyl (C=O) groups is 1. The number of H-pyrrole nitrogens is 1. The number of hydrogen-bond acceptors (Lipinski definition) is 3. The van der Waals surface area contributed by atoms with Crippen LogP contribution in [0.3, 0.4) is 0 Å². The molecule has 0 spiro atoms. The second-order valence-electron chi connectivity index (χ2n) is 4.94. The zero-order valence-corrected chi connectivity index (χ0v) is 10.3. The summed E-state index contributed by atoms with van der Waals surface area (Å²) in [6.07, 6.45) is 2.71. The number of ketones is 1. The predicted octanol–water partition coefficient (Wildman–Crippen LogP) is 2.29. The van der Waals surface area contributed by atoms with Crippen LogP contribution < -0.4 is 5.56 Å². The average molecular weight is 260 g/mol. The Hall–Kier alpha value is -2.04. The number of aromatic nitrogens is 2. The Morgan fingerprint density at radius 1 is 1.32 bits per heavy atom. The van der Waals surface area contributed by atoms with Gasteiger partial charge in [-0.05, 0) is 31.0 Å². The van der Waals surface area contributed by atoms with Crippen molar-refractivity contribution >= 4 is 16.7 Å². The number of hydrogen-bond donors (Lipinski definition) is 1. The molecule has 1 aliphatic rings. The third kappa shape index (κ3) is 2.28. The number of nitrogens with one attached hydrogen (secondary N) is 1. The van der Waals surface area contributed by atoms with Gasteiger partial charge in [-0.1, -0.05) is 0 Å². The molecule has 3 rings (SSSR count). The Labute approximate surface area is 108 Å². The zero-order valence-electron chi connectivity index (χ0n) is 10.3. The fourth-order valence-corrected chi connectivity index (χ4v) is 2.58. The molecule has 98 valence electrons. The van der Waals surface area contributed by atoms with Gasteiger partial charge in [0.2, 0.25) is 0 Å². The molecule has 0 bridgehead atoms. The lowest BCUT2D eigenvalue weighted by Crippen LogP contribution is -2.20. The highest BCUT2D eigenvalue weighted by Gasteiger charge is 2.23. The van der Waals surface area contributed by atoms with Gasteiger partial charge in [0, 0.05) is 18.8 Å². The van der Waals surface area contributed by atoms with Gasteiger partial charge in [0.15, 0.2) is 0 Å². The van der Waals surface area contributed by atoms with E-state index in [4.69, 9.17) is 0 Å². The van der Waals surface area contributed by atoms with Crippen LogP contribution in [0.5, 0.6) is 0 Å². The summed E-state index contributed by atoms with van der Waals surface area (Å²) in [4.78, 5) is 30.4. The molecule has 1 N–H and O–H groups in total. The van der Waals surface area contributed by atoms with Gasteiger partial charge in [0.1, 0.15) is 17.4 Å². The molecule has 5 heteroatoms. The summed E-state index contributed by atoms with van der Waals surface area (Å²) >= 11 is 0. The first-order chi connectivity index (χ1) is 9.13. The molecular formula is C14H13FN2O2. The van der Waals surface area contributed by atoms with E-state index in [0.29, 0.717) is 24.2 Å². The lowest BCUT2D eigenvalue weighted by atomic mass is 9.87. The van der Waals surface area contributed by atoms with E-state index in [1.165, 1.54) is 18.2 Å². The molecule has 2 aromatic rings. The zero-order chi connectivity index (χ0) is 13.4. The maximum atomic E-state index is 13.1. The van der Waals surface area contributed by atoms with Crippen molar-refractivity contribution < 1.29 is 9.18 Å². The van der Waals surface area contributed by atoms with Crippen molar-refractivity contribution in [2.24, 2.45) is 0 Å². The lowest BCUT2D eigenvalue weighted by Gasteiger charge is -2.19. The summed E-state index contributed by atoms with van der Waals surface area (Å²) < 4.78 is 13.1. The fourth-order valence-electron chi connectivity index (χ4n) is 2.58. The van der Waals surface area contributed by atoms with E-state index in [2.05, 4.69) is 9.97 Å². The topological polar surface area (TPSA) is 62.8 Å². The highest BCUT2D eigenvalue weighted by Crippen LogP contribution is 2.28. The number of carbonyl (C=O) groups excluding carboxylic acids is 1. The van der Waals surface area contributed by atoms with Gasteiger partial charge in [-0.3, -0.25) is 9.59 Å². The maximum Gasteiger partial charge on any atom is 0.258 e. The van der Waals surface area contributed by atoms with Gasteiger partial charge in [0.05, 0.1) is 10.9 Å². The summed E-state index contributed by atoms with van der Waals surface area (Å²) in [7, 11) is 0. The molecule has 1 aliphatic carbocycles. The Morgan fingerprint density at radius 3 is 2.95 bits per heavy atom. The molecule has 0 aliphatic heterocycles. The van der Waals surface area contributed by atoms with Crippen LogP contribution in [0, 0.1) is 5.82 Å². The van der Waals surface area contributed by atoms with Crippen molar-refractivity contribution in [1.82, 2.24) is 9.97 Å². The molecule has 0 radical (unpaired) electrons. The number of rotatable bonds is 1. The second kappa shape index (κ2) is 4.57. The molecule has 1 aromatic heterocycles. The highest BCUT2D eigenvalue weighted by atomic mass is 19.1. The van der Waals surface area contributed by atoms with E-state index in [9.17, 15) is 14.0 Å². The van der Waals surface area contributed by atoms with Gasteiger partial charge in [-0.25, -0.2) is 9.37 Å². The van der Waals surface area contributed by atoms with Crippen molar-refractivity contribution in [3.05, 3.63) is 40.2 Å². The van der Waals surface area contributed by atoms with E-state index < -0.39 is 5.82 Å². The third-order valence-electron chi connectivity index (χ3n) is 3.55. The number of fused-ring (bicyclic) bond motifs is 1. The molecular weight excluding hydrogens is 247 g/mol. The van der Waals surface area contributed by atoms with E-state index in [0.717, 1.165) is 12.8 Å². The van der Waals surface area contributed by atoms with E-state index >= 15 is 0 Å². The molecule has 1 aromatic carbocycles. The quantitative estimate of drug-likeness (QED) is 0.855. The van der Waals surface area contributed by atoms with Crippen LogP contribution in [-0.2, 0) is 4.79 Å². The minimum atomic E-state index is -0.458. The number of aromatic amines is 1. The standard InChI is InChI=1S/C14H13FN2O2/c15-9-4-5-12-11(7-9)14(19)17-13(16-12)8-2-1-3-10(18)6-8/h4-5,7-8H,1-3,6H2,(H,16,17,19). The smallest absolute Gasteiger partial charge is 0.258 e. The summed E-state index contributed by atoms with van der Waals surface area (Å²) in [5.41, 5.74) is 0.121. The molecule has 19 heavy (non-hydrogen) atoms. The summed E-state index contributed by atoms with van der Waals surface area (Å²) in [5.74, 6) is 0.263. The summed E-state index contributed by atoms with van der Waals surface area (Å²) in [5, 5.41) is 0.242. The predicted molar refractivity (Wildman–Crippen MR) is 68.5 cm³/mol. The minimum Gasteiger partial charge on any atom is -0.310 e. The van der Waals surface area contributed by atoms with Gasteiger partial charge >= 0.3 is 0 Å². The van der Waals surface area contributed by atoms with Crippen molar-refractivity contribution in [2.75, 3.05) is 0 Å². The normalized spacial score (nSPS) is 19.8. The van der Waals surface area contributed by atoms with E-state index in [1.807, 2.05) is 0 Å². The Bertz CT molecular complexity index is 708. The van der Waals surface area contributed by atoms with Gasteiger partial charge < -0.3 is 4.98 Å². The molecule has 1 heterocycles. The van der Waals surface area contributed by atoms with Crippen molar-refractivity contribution in [3.63, 3.8) is 0 Å². The monoisotopic (exact) mass is 260 g/mol. The first-order valence-electron chi connectivity index (χ1n) is 6.34. The highest BCUT2D eigenvalue weighted by molar-refractivity contribution is 5.80. The molecule has 1 saturated carbocycles. The Morgan fingerprint density at radius 2 is 2.16 bits per heavy atom. The molecule has 4 nitrogen and oxygen atoms in total. The van der Waals surface area contributed by atoms with Crippen LogP contribution in [0.15, 0.2) is 23.0 Å². The lowest BCUT2D eigenvalue weighted by molar-refractivity contribution is -0.120. The van der Waals surface area contributed by atoms with Crippen molar-refractivity contribution in [2.45, 2.75) is 31.6 Å². The number of halogens is 1. The molecule has 1 atom stereocenters. The van der Waals surface area contributed by atoms with Gasteiger partial charge in [-0.2, -0.15) is 0 Å². The van der Waals surface area contributed by atoms with Crippen LogP contribution >= 0.6 is 0 Å². The average Bonchev–Trinajstić information content (AvgIpc) is 2.39. The Balaban J connectivity index is 2.08. The molecule has 0 saturated heterocycles. The first kappa shape index (κ1) is 12.0. The maximum absolute atomic E-state index is 13.1. The molecule has 0 amide bonds. The van der Waals surface area contributed by atoms with Crippen LogP contribution in [0.4, 0.5) is 4.39 Å². The summed E-state index contributed by atoms with van der Waals surface area (Å²) in [6.45, 7) is 0. The SMILES string of the molecule is O=C1CCCC(c2nc3ccc(F)cc3c(=O)[nH]2)C1. The first-order valence-corrected chi connectivity index (χ1v) is 6.34. The third-order valence-corrected chi connectivity index (χ3v) is 3.55. The largest absolute Gasteiger partial charge is 0.310 e. The number of nitrogens with zero attached hydrogens (tertiary/aromatic N) is 1. The van der Waals surface area contributed by atoms with Gasteiger partial charge in [0.25, 0.3) is 5.56 Å². The van der Waals surface area contributed by atoms with Crippen molar-refractivity contribution in [1.29, 1.82) is 0 Å². The number of Topliss-reactive ketones (excluding diaryl/α,β-unsaturated/α-hetero) is 1. The van der Waals surface area contributed by atoms with Crippen molar-refractivity contribution in [3.8, 4) is 0 Å². The molecule has 1 fully saturated rings. The molecule has 1 unspecified atom stereocenters. The van der Waals surface area contributed by atoms with Crippen LogP contribution in [0.1, 0.15) is 37.4 Å². The van der Waals surface area contributed by atoms with E-state index in [1.54, 1.807) is 0 Å². The fraction of sp³-hybridized carbons (Fsp3) is 0.357. The van der Waals surface area contributed by atoms with E-state index in [-0.39, 0.29) is 22.6 Å². The minimum absolute atomic E-state index is 0.0246. The van der Waals surface area contributed by atoms with Crippen LogP contribution in [0.25, 0.3) is 10.9 Å². The van der Waals surface area contributed by atoms with Gasteiger partial charge in [-0.15, -0.1) is 0 Å².